The van der Waals surface area contributed by atoms with Crippen molar-refractivity contribution in [2.24, 2.45) is 0 Å². The van der Waals surface area contributed by atoms with Gasteiger partial charge in [-0.1, -0.05) is 13.0 Å². The van der Waals surface area contributed by atoms with Crippen LogP contribution in [0.1, 0.15) is 37.1 Å². The molecule has 5 nitrogen and oxygen atoms in total. The van der Waals surface area contributed by atoms with Crippen LogP contribution in [-0.4, -0.2) is 40.5 Å². The molecule has 0 aliphatic heterocycles. The fraction of sp³-hybridized carbons (Fsp3) is 0.450. The fourth-order valence-corrected chi connectivity index (χ4v) is 3.00. The molecule has 1 amide bonds. The van der Waals surface area contributed by atoms with Crippen LogP contribution in [0.4, 0.5) is 13.2 Å². The summed E-state index contributed by atoms with van der Waals surface area (Å²) >= 11 is 0. The molecule has 2 heterocycles. The first kappa shape index (κ1) is 21.7. The van der Waals surface area contributed by atoms with Crippen molar-refractivity contribution >= 4 is 5.91 Å². The highest BCUT2D eigenvalue weighted by Gasteiger charge is 2.32. The third-order valence-corrected chi connectivity index (χ3v) is 4.38. The van der Waals surface area contributed by atoms with Crippen molar-refractivity contribution in [1.82, 2.24) is 14.9 Å². The number of hydrogen-bond acceptors (Lipinski definition) is 4. The van der Waals surface area contributed by atoms with Gasteiger partial charge in [-0.05, 0) is 37.5 Å². The van der Waals surface area contributed by atoms with Gasteiger partial charge in [-0.15, -0.1) is 0 Å². The smallest absolute Gasteiger partial charge is 0.433 e. The van der Waals surface area contributed by atoms with Gasteiger partial charge < -0.3 is 9.64 Å². The summed E-state index contributed by atoms with van der Waals surface area (Å²) in [5.41, 5.74) is 0.374. The molecule has 0 bridgehead atoms. The number of carbonyl (C=O) groups excluding carboxylic acids is 1. The van der Waals surface area contributed by atoms with Crippen LogP contribution in [0.15, 0.2) is 36.8 Å². The maximum Gasteiger partial charge on any atom is 0.433 e. The van der Waals surface area contributed by atoms with Crippen LogP contribution in [-0.2, 0) is 23.8 Å². The Labute approximate surface area is 162 Å². The summed E-state index contributed by atoms with van der Waals surface area (Å²) in [6, 6.07) is 3.85. The Morgan fingerprint density at radius 2 is 2.00 bits per heavy atom. The highest BCUT2D eigenvalue weighted by molar-refractivity contribution is 5.79. The molecule has 0 aliphatic rings. The van der Waals surface area contributed by atoms with Gasteiger partial charge >= 0.3 is 6.18 Å². The van der Waals surface area contributed by atoms with Crippen molar-refractivity contribution in [3.63, 3.8) is 0 Å². The molecule has 8 heteroatoms. The lowest BCUT2D eigenvalue weighted by Gasteiger charge is -2.29. The van der Waals surface area contributed by atoms with Crippen LogP contribution in [0.3, 0.4) is 0 Å². The van der Waals surface area contributed by atoms with E-state index in [1.54, 1.807) is 30.5 Å². The monoisotopic (exact) mass is 395 g/mol. The average Bonchev–Trinajstić information content (AvgIpc) is 2.66. The van der Waals surface area contributed by atoms with Gasteiger partial charge in [-0.2, -0.15) is 13.2 Å². The van der Waals surface area contributed by atoms with E-state index in [1.807, 2.05) is 13.8 Å². The van der Waals surface area contributed by atoms with Crippen LogP contribution in [0.2, 0.25) is 0 Å². The topological polar surface area (TPSA) is 55.3 Å². The number of halogens is 3. The number of nitrogens with zero attached hydrogens (tertiary/aromatic N) is 3. The molecule has 2 rings (SSSR count). The SMILES string of the molecule is CCCN(C(=O)Cc1ccc(C(F)(F)F)nc1)C(C)Cc1cnccc1OC. The molecule has 2 aromatic rings. The Bertz CT molecular complexity index is 779. The summed E-state index contributed by atoms with van der Waals surface area (Å²) in [5, 5.41) is 0. The minimum absolute atomic E-state index is 0.000345. The first-order chi connectivity index (χ1) is 13.3. The molecule has 0 saturated carbocycles. The molecule has 28 heavy (non-hydrogen) atoms. The van der Waals surface area contributed by atoms with Gasteiger partial charge in [-0.25, -0.2) is 0 Å². The van der Waals surface area contributed by atoms with E-state index >= 15 is 0 Å². The third-order valence-electron chi connectivity index (χ3n) is 4.38. The van der Waals surface area contributed by atoms with E-state index in [4.69, 9.17) is 4.74 Å². The molecule has 0 fully saturated rings. The van der Waals surface area contributed by atoms with E-state index in [0.29, 0.717) is 24.3 Å². The Hall–Kier alpha value is -2.64. The molecule has 152 valence electrons. The van der Waals surface area contributed by atoms with Crippen molar-refractivity contribution in [1.29, 1.82) is 0 Å². The maximum absolute atomic E-state index is 12.8. The number of rotatable bonds is 8. The second kappa shape index (κ2) is 9.52. The summed E-state index contributed by atoms with van der Waals surface area (Å²) in [4.78, 5) is 22.1. The predicted molar refractivity (Wildman–Crippen MR) is 98.9 cm³/mol. The number of hydrogen-bond donors (Lipinski definition) is 0. The summed E-state index contributed by atoms with van der Waals surface area (Å²) in [7, 11) is 1.58. The summed E-state index contributed by atoms with van der Waals surface area (Å²) in [6.45, 7) is 4.46. The van der Waals surface area contributed by atoms with Gasteiger partial charge in [-0.3, -0.25) is 14.8 Å². The Morgan fingerprint density at radius 1 is 1.25 bits per heavy atom. The number of methoxy groups -OCH3 is 1. The minimum Gasteiger partial charge on any atom is -0.496 e. The lowest BCUT2D eigenvalue weighted by Crippen LogP contribution is -2.41. The molecule has 0 spiro atoms. The largest absolute Gasteiger partial charge is 0.496 e. The van der Waals surface area contributed by atoms with E-state index in [1.165, 1.54) is 6.07 Å². The molecule has 1 atom stereocenters. The second-order valence-electron chi connectivity index (χ2n) is 6.55. The zero-order valence-corrected chi connectivity index (χ0v) is 16.2. The van der Waals surface area contributed by atoms with Crippen molar-refractivity contribution in [3.05, 3.63) is 53.6 Å². The zero-order valence-electron chi connectivity index (χ0n) is 16.2. The van der Waals surface area contributed by atoms with Crippen LogP contribution < -0.4 is 4.74 Å². The summed E-state index contributed by atoms with van der Waals surface area (Å²) in [5.74, 6) is 0.552. The average molecular weight is 395 g/mol. The second-order valence-corrected chi connectivity index (χ2v) is 6.55. The van der Waals surface area contributed by atoms with E-state index in [0.717, 1.165) is 24.2 Å². The van der Waals surface area contributed by atoms with E-state index in [9.17, 15) is 18.0 Å². The molecule has 1 unspecified atom stereocenters. The predicted octanol–water partition coefficient (Wildman–Crippen LogP) is 3.92. The summed E-state index contributed by atoms with van der Waals surface area (Å²) in [6.07, 6.45) is 1.30. The lowest BCUT2D eigenvalue weighted by atomic mass is 10.1. The Kier molecular flexibility index (Phi) is 7.37. The Morgan fingerprint density at radius 3 is 2.57 bits per heavy atom. The maximum atomic E-state index is 12.8. The third kappa shape index (κ3) is 5.68. The van der Waals surface area contributed by atoms with E-state index < -0.39 is 11.9 Å². The van der Waals surface area contributed by atoms with Gasteiger partial charge in [0.25, 0.3) is 0 Å². The van der Waals surface area contributed by atoms with Crippen LogP contribution in [0, 0.1) is 0 Å². The van der Waals surface area contributed by atoms with Crippen molar-refractivity contribution in [2.45, 2.75) is 45.3 Å². The molecular formula is C20H24F3N3O2. The highest BCUT2D eigenvalue weighted by atomic mass is 19.4. The van der Waals surface area contributed by atoms with E-state index in [2.05, 4.69) is 9.97 Å². The number of amides is 1. The van der Waals surface area contributed by atoms with Gasteiger partial charge in [0.1, 0.15) is 11.4 Å². The molecule has 0 saturated heterocycles. The molecule has 0 radical (unpaired) electrons. The minimum atomic E-state index is -4.49. The van der Waals surface area contributed by atoms with Crippen LogP contribution >= 0.6 is 0 Å². The number of aromatic nitrogens is 2. The van der Waals surface area contributed by atoms with Crippen molar-refractivity contribution < 1.29 is 22.7 Å². The molecular weight excluding hydrogens is 371 g/mol. The van der Waals surface area contributed by atoms with Gasteiger partial charge in [0.15, 0.2) is 0 Å². The number of ether oxygens (including phenoxy) is 1. The Balaban J connectivity index is 2.10. The first-order valence-corrected chi connectivity index (χ1v) is 9.04. The number of alkyl halides is 3. The standard InChI is InChI=1S/C20H24F3N3O2/c1-4-9-26(14(2)10-16-13-24-8-7-17(16)28-3)19(27)11-15-5-6-18(25-12-15)20(21,22)23/h5-8,12-14H,4,9-11H2,1-3H3. The van der Waals surface area contributed by atoms with Gasteiger partial charge in [0.2, 0.25) is 5.91 Å². The van der Waals surface area contributed by atoms with Crippen molar-refractivity contribution in [3.8, 4) is 5.75 Å². The van der Waals surface area contributed by atoms with Crippen molar-refractivity contribution in [2.75, 3.05) is 13.7 Å². The zero-order chi connectivity index (χ0) is 20.7. The highest BCUT2D eigenvalue weighted by Crippen LogP contribution is 2.27. The van der Waals surface area contributed by atoms with E-state index in [-0.39, 0.29) is 18.4 Å². The molecule has 0 aromatic carbocycles. The number of carbonyl (C=O) groups is 1. The number of pyridine rings is 2. The molecule has 0 N–H and O–H groups in total. The molecule has 0 aliphatic carbocycles. The quantitative estimate of drug-likeness (QED) is 0.680. The first-order valence-electron chi connectivity index (χ1n) is 9.04. The lowest BCUT2D eigenvalue weighted by molar-refractivity contribution is -0.141. The summed E-state index contributed by atoms with van der Waals surface area (Å²) < 4.78 is 43.2. The van der Waals surface area contributed by atoms with Crippen LogP contribution in [0.5, 0.6) is 5.75 Å². The van der Waals surface area contributed by atoms with Crippen LogP contribution in [0.25, 0.3) is 0 Å². The normalized spacial score (nSPS) is 12.5. The van der Waals surface area contributed by atoms with Gasteiger partial charge in [0.05, 0.1) is 13.5 Å². The molecule has 2 aromatic heterocycles. The van der Waals surface area contributed by atoms with Gasteiger partial charge in [0, 0.05) is 36.7 Å². The fourth-order valence-electron chi connectivity index (χ4n) is 3.00.